The van der Waals surface area contributed by atoms with Crippen LogP contribution in [0.1, 0.15) is 92.9 Å². The van der Waals surface area contributed by atoms with Crippen molar-refractivity contribution in [2.75, 3.05) is 6.61 Å². The Morgan fingerprint density at radius 3 is 2.13 bits per heavy atom. The lowest BCUT2D eigenvalue weighted by molar-refractivity contribution is -0.318. The Kier molecular flexibility index (Phi) is 12.3. The smallest absolute Gasteiger partial charge is 0.186 e. The molecule has 5 fully saturated rings. The number of rotatable bonds is 10. The molecule has 300 valence electrons. The summed E-state index contributed by atoms with van der Waals surface area (Å²) in [4.78, 5) is 0. The number of allylic oxidation sites excluding steroid dienone is 1. The van der Waals surface area contributed by atoms with E-state index < -0.39 is 97.8 Å². The molecular weight excluding hydrogens is 676 g/mol. The Bertz CT molecular complexity index is 1250. The van der Waals surface area contributed by atoms with Gasteiger partial charge >= 0.3 is 0 Å². The van der Waals surface area contributed by atoms with Gasteiger partial charge in [0.1, 0.15) is 42.7 Å². The zero-order chi connectivity index (χ0) is 38.0. The highest BCUT2D eigenvalue weighted by molar-refractivity contribution is 5.28. The number of aliphatic hydroxyl groups is 9. The maximum Gasteiger partial charge on any atom is 0.186 e. The molecule has 0 spiro atoms. The van der Waals surface area contributed by atoms with Crippen molar-refractivity contribution in [2.45, 2.75) is 179 Å². The van der Waals surface area contributed by atoms with Crippen LogP contribution in [0.5, 0.6) is 0 Å². The minimum atomic E-state index is -1.56. The van der Waals surface area contributed by atoms with E-state index >= 15 is 0 Å². The normalized spacial score (nSPS) is 52.0. The van der Waals surface area contributed by atoms with Gasteiger partial charge in [-0.25, -0.2) is 0 Å². The van der Waals surface area contributed by atoms with Crippen LogP contribution in [-0.2, 0) is 18.9 Å². The molecule has 13 nitrogen and oxygen atoms in total. The maximum absolute atomic E-state index is 11.6. The van der Waals surface area contributed by atoms with Gasteiger partial charge in [-0.1, -0.05) is 46.3 Å². The van der Waals surface area contributed by atoms with E-state index in [0.717, 1.165) is 31.3 Å². The van der Waals surface area contributed by atoms with Crippen molar-refractivity contribution < 1.29 is 64.9 Å². The van der Waals surface area contributed by atoms with Crippen LogP contribution in [0.3, 0.4) is 0 Å². The lowest BCUT2D eigenvalue weighted by atomic mass is 9.46. The third kappa shape index (κ3) is 7.07. The third-order valence-electron chi connectivity index (χ3n) is 14.7. The van der Waals surface area contributed by atoms with E-state index in [1.54, 1.807) is 6.92 Å². The fourth-order valence-corrected chi connectivity index (χ4v) is 11.6. The zero-order valence-electron chi connectivity index (χ0n) is 31.6. The first kappa shape index (κ1) is 40.9. The molecule has 0 bridgehead atoms. The van der Waals surface area contributed by atoms with Gasteiger partial charge in [0.15, 0.2) is 12.6 Å². The van der Waals surface area contributed by atoms with E-state index in [2.05, 4.69) is 40.7 Å². The van der Waals surface area contributed by atoms with E-state index in [1.807, 2.05) is 0 Å². The van der Waals surface area contributed by atoms with Gasteiger partial charge in [0, 0.05) is 11.8 Å². The fraction of sp³-hybridized carbons (Fsp3) is 0.949. The number of fused-ring (bicyclic) bond motifs is 5. The Balaban J connectivity index is 1.31. The summed E-state index contributed by atoms with van der Waals surface area (Å²) in [6.07, 6.45) is -7.68. The standard InChI is InChI=1S/C39H66O13/c1-17(2)7-10-25(42)18(3)29-26(50-37-35(48)33(46)31(44)27(16-40)51-37)15-24-22-9-8-20-13-21(41)14-28(39(20,6)23(22)11-12-38(24,29)5)52-36-34(47)32(45)30(43)19(4)49-36/h8,17-19,21-37,40-48H,7,9-16H2,1-6H3/t18-,19+,21-,22+,23?,24+,25+,26+,27-,28-,29+,30+,31-,32-,33+,34-,35-,36+,37-,38+,39+/m1/s1. The van der Waals surface area contributed by atoms with Crippen molar-refractivity contribution in [3.63, 3.8) is 0 Å². The molecule has 6 rings (SSSR count). The molecule has 3 saturated carbocycles. The first-order valence-electron chi connectivity index (χ1n) is 19.8. The van der Waals surface area contributed by atoms with Gasteiger partial charge in [-0.05, 0) is 92.8 Å². The summed E-state index contributed by atoms with van der Waals surface area (Å²) >= 11 is 0. The molecule has 6 aliphatic rings. The molecule has 0 aromatic heterocycles. The highest BCUT2D eigenvalue weighted by Gasteiger charge is 2.65. The highest BCUT2D eigenvalue weighted by Crippen LogP contribution is 2.68. The van der Waals surface area contributed by atoms with Gasteiger partial charge < -0.3 is 64.9 Å². The Hall–Kier alpha value is -0.780. The molecule has 9 N–H and O–H groups in total. The molecule has 0 aromatic carbocycles. The van der Waals surface area contributed by atoms with Crippen molar-refractivity contribution in [1.29, 1.82) is 0 Å². The van der Waals surface area contributed by atoms with Crippen LogP contribution in [0.2, 0.25) is 0 Å². The number of hydrogen-bond acceptors (Lipinski definition) is 13. The van der Waals surface area contributed by atoms with Crippen LogP contribution in [0.25, 0.3) is 0 Å². The van der Waals surface area contributed by atoms with E-state index in [-0.39, 0.29) is 35.0 Å². The van der Waals surface area contributed by atoms with Crippen LogP contribution in [0.15, 0.2) is 11.6 Å². The van der Waals surface area contributed by atoms with Crippen molar-refractivity contribution in [2.24, 2.45) is 46.3 Å². The molecule has 0 amide bonds. The van der Waals surface area contributed by atoms with Crippen LogP contribution < -0.4 is 0 Å². The minimum absolute atomic E-state index is 0.126. The molecule has 4 aliphatic carbocycles. The Labute approximate surface area is 307 Å². The van der Waals surface area contributed by atoms with Crippen molar-refractivity contribution in [3.05, 3.63) is 11.6 Å². The van der Waals surface area contributed by atoms with Crippen LogP contribution in [0, 0.1) is 46.3 Å². The van der Waals surface area contributed by atoms with E-state index in [4.69, 9.17) is 18.9 Å². The van der Waals surface area contributed by atoms with Gasteiger partial charge in [0.2, 0.25) is 0 Å². The summed E-state index contributed by atoms with van der Waals surface area (Å²) in [5.74, 6) is 0.552. The predicted octanol–water partition coefficient (Wildman–Crippen LogP) is 0.977. The Morgan fingerprint density at radius 1 is 0.827 bits per heavy atom. The van der Waals surface area contributed by atoms with Crippen molar-refractivity contribution >= 4 is 0 Å². The third-order valence-corrected chi connectivity index (χ3v) is 14.7. The van der Waals surface area contributed by atoms with Crippen LogP contribution >= 0.6 is 0 Å². The molecule has 2 aliphatic heterocycles. The molecule has 2 heterocycles. The summed E-state index contributed by atoms with van der Waals surface area (Å²) < 4.78 is 24.9. The molecule has 13 heteroatoms. The summed E-state index contributed by atoms with van der Waals surface area (Å²) in [5.41, 5.74) is 0.314. The molecule has 0 radical (unpaired) electrons. The van der Waals surface area contributed by atoms with Gasteiger partial charge in [0.05, 0.1) is 37.1 Å². The lowest BCUT2D eigenvalue weighted by Crippen LogP contribution is -2.61. The molecular formula is C39H66O13. The first-order chi connectivity index (χ1) is 24.4. The zero-order valence-corrected chi connectivity index (χ0v) is 31.6. The molecule has 2 saturated heterocycles. The minimum Gasteiger partial charge on any atom is -0.394 e. The summed E-state index contributed by atoms with van der Waals surface area (Å²) in [7, 11) is 0. The van der Waals surface area contributed by atoms with Gasteiger partial charge in [-0.3, -0.25) is 0 Å². The quantitative estimate of drug-likeness (QED) is 0.143. The SMILES string of the molecule is CC(C)CC[C@H](O)[C@@H](C)[C@H]1[C@@H](O[C@@H]2O[C@H](CO)[C@@H](O)[C@H](O)[C@H]2O)C[C@H]2[C@H]3CC=C4C[C@@H](O)C[C@@H](O[C@@H]5O[C@@H](C)[C@H](O)[C@@H](O)[C@H]5O)[C@]4(C)C3CC[C@]12C. The summed E-state index contributed by atoms with van der Waals surface area (Å²) in [6, 6.07) is 0. The summed E-state index contributed by atoms with van der Waals surface area (Å²) in [6.45, 7) is 11.9. The second kappa shape index (κ2) is 15.6. The van der Waals surface area contributed by atoms with Gasteiger partial charge in [-0.15, -0.1) is 0 Å². The number of hydrogen-bond donors (Lipinski definition) is 9. The average Bonchev–Trinajstić information content (AvgIpc) is 3.40. The first-order valence-corrected chi connectivity index (χ1v) is 19.8. The predicted molar refractivity (Wildman–Crippen MR) is 187 cm³/mol. The lowest BCUT2D eigenvalue weighted by Gasteiger charge is -2.60. The topological polar surface area (TPSA) is 219 Å². The molecule has 1 unspecified atom stereocenters. The van der Waals surface area contributed by atoms with E-state index in [9.17, 15) is 46.0 Å². The van der Waals surface area contributed by atoms with Crippen LogP contribution in [-0.4, -0.2) is 138 Å². The van der Waals surface area contributed by atoms with Crippen LogP contribution in [0.4, 0.5) is 0 Å². The van der Waals surface area contributed by atoms with Crippen molar-refractivity contribution in [1.82, 2.24) is 0 Å². The second-order valence-electron chi connectivity index (χ2n) is 18.1. The summed E-state index contributed by atoms with van der Waals surface area (Å²) in [5, 5.41) is 96.3. The maximum atomic E-state index is 11.6. The number of ether oxygens (including phenoxy) is 4. The highest BCUT2D eigenvalue weighted by atomic mass is 16.7. The molecule has 0 aromatic rings. The molecule has 52 heavy (non-hydrogen) atoms. The fourth-order valence-electron chi connectivity index (χ4n) is 11.6. The number of aliphatic hydroxyl groups excluding tert-OH is 9. The Morgan fingerprint density at radius 2 is 1.48 bits per heavy atom. The van der Waals surface area contributed by atoms with Gasteiger partial charge in [0.25, 0.3) is 0 Å². The van der Waals surface area contributed by atoms with E-state index in [1.165, 1.54) is 0 Å². The second-order valence-corrected chi connectivity index (χ2v) is 18.1. The monoisotopic (exact) mass is 742 g/mol. The molecule has 21 atom stereocenters. The average molecular weight is 743 g/mol. The van der Waals surface area contributed by atoms with Crippen molar-refractivity contribution in [3.8, 4) is 0 Å². The van der Waals surface area contributed by atoms with Gasteiger partial charge in [-0.2, -0.15) is 0 Å². The van der Waals surface area contributed by atoms with E-state index in [0.29, 0.717) is 31.6 Å². The largest absolute Gasteiger partial charge is 0.394 e.